The van der Waals surface area contributed by atoms with Crippen LogP contribution in [0.5, 0.6) is 0 Å². The van der Waals surface area contributed by atoms with Gasteiger partial charge in [-0.15, -0.1) is 10.2 Å². The van der Waals surface area contributed by atoms with E-state index >= 15 is 0 Å². The zero-order chi connectivity index (χ0) is 13.2. The number of amides is 1. The summed E-state index contributed by atoms with van der Waals surface area (Å²) in [4.78, 5) is 14.5. The van der Waals surface area contributed by atoms with Crippen LogP contribution in [0, 0.1) is 5.92 Å². The first kappa shape index (κ1) is 12.6. The lowest BCUT2D eigenvalue weighted by Crippen LogP contribution is -2.51. The topological polar surface area (TPSA) is 63.1 Å². The van der Waals surface area contributed by atoms with Crippen LogP contribution in [-0.2, 0) is 17.9 Å². The van der Waals surface area contributed by atoms with Crippen LogP contribution >= 0.6 is 0 Å². The molecule has 2 atom stereocenters. The Morgan fingerprint density at radius 1 is 1.53 bits per heavy atom. The predicted octanol–water partition coefficient (Wildman–Crippen LogP) is 0.398. The van der Waals surface area contributed by atoms with E-state index in [1.54, 1.807) is 6.33 Å². The van der Waals surface area contributed by atoms with Crippen molar-refractivity contribution < 1.29 is 4.79 Å². The second kappa shape index (κ2) is 5.28. The number of fused-ring (bicyclic) bond motifs is 1. The summed E-state index contributed by atoms with van der Waals surface area (Å²) in [6, 6.07) is -0.00632. The van der Waals surface area contributed by atoms with Gasteiger partial charge in [-0.05, 0) is 25.3 Å². The molecule has 0 aliphatic carbocycles. The first-order chi connectivity index (χ1) is 9.28. The standard InChI is InChI=1S/C13H21N5O/c1-2-10-3-4-14-11(7-10)13(19)17-5-6-18-9-15-16-12(18)8-17/h9-11,14H,2-8H2,1H3. The molecule has 3 rings (SSSR count). The summed E-state index contributed by atoms with van der Waals surface area (Å²) >= 11 is 0. The van der Waals surface area contributed by atoms with Crippen molar-refractivity contribution in [1.82, 2.24) is 25.0 Å². The molecule has 0 bridgehead atoms. The normalized spacial score (nSPS) is 27.1. The van der Waals surface area contributed by atoms with Crippen molar-refractivity contribution in [2.45, 2.75) is 45.3 Å². The van der Waals surface area contributed by atoms with Crippen molar-refractivity contribution in [1.29, 1.82) is 0 Å². The lowest BCUT2D eigenvalue weighted by atomic mass is 9.90. The molecule has 1 aromatic heterocycles. The summed E-state index contributed by atoms with van der Waals surface area (Å²) in [5.74, 6) is 1.80. The van der Waals surface area contributed by atoms with Gasteiger partial charge < -0.3 is 14.8 Å². The van der Waals surface area contributed by atoms with Crippen molar-refractivity contribution in [3.8, 4) is 0 Å². The largest absolute Gasteiger partial charge is 0.332 e. The number of aromatic nitrogens is 3. The number of nitrogens with zero attached hydrogens (tertiary/aromatic N) is 4. The van der Waals surface area contributed by atoms with E-state index < -0.39 is 0 Å². The third kappa shape index (κ3) is 2.49. The van der Waals surface area contributed by atoms with Gasteiger partial charge in [0, 0.05) is 13.1 Å². The van der Waals surface area contributed by atoms with E-state index in [0.717, 1.165) is 31.9 Å². The van der Waals surface area contributed by atoms with Crippen LogP contribution < -0.4 is 5.32 Å². The summed E-state index contributed by atoms with van der Waals surface area (Å²) in [6.07, 6.45) is 5.07. The average molecular weight is 263 g/mol. The molecule has 1 aromatic rings. The van der Waals surface area contributed by atoms with E-state index in [0.29, 0.717) is 12.5 Å². The molecule has 2 aliphatic heterocycles. The van der Waals surface area contributed by atoms with Crippen LogP contribution in [0.1, 0.15) is 32.0 Å². The molecule has 3 heterocycles. The zero-order valence-electron chi connectivity index (χ0n) is 11.4. The summed E-state index contributed by atoms with van der Waals surface area (Å²) in [5.41, 5.74) is 0. The number of rotatable bonds is 2. The molecular weight excluding hydrogens is 242 g/mol. The smallest absolute Gasteiger partial charge is 0.240 e. The molecule has 19 heavy (non-hydrogen) atoms. The monoisotopic (exact) mass is 263 g/mol. The SMILES string of the molecule is CCC1CCNC(C(=O)N2CCn3cnnc3C2)C1. The van der Waals surface area contributed by atoms with Crippen LogP contribution in [0.25, 0.3) is 0 Å². The Labute approximate surface area is 113 Å². The van der Waals surface area contributed by atoms with Crippen LogP contribution in [0.15, 0.2) is 6.33 Å². The van der Waals surface area contributed by atoms with E-state index in [4.69, 9.17) is 0 Å². The van der Waals surface area contributed by atoms with Gasteiger partial charge in [0.05, 0.1) is 12.6 Å². The zero-order valence-corrected chi connectivity index (χ0v) is 11.4. The van der Waals surface area contributed by atoms with Crippen LogP contribution in [-0.4, -0.2) is 44.7 Å². The molecule has 1 saturated heterocycles. The molecule has 0 aromatic carbocycles. The maximum atomic E-state index is 12.6. The molecule has 0 saturated carbocycles. The van der Waals surface area contributed by atoms with E-state index in [1.807, 2.05) is 9.47 Å². The predicted molar refractivity (Wildman–Crippen MR) is 70.2 cm³/mol. The average Bonchev–Trinajstić information content (AvgIpc) is 2.94. The van der Waals surface area contributed by atoms with E-state index in [1.165, 1.54) is 12.8 Å². The van der Waals surface area contributed by atoms with Gasteiger partial charge in [0.15, 0.2) is 5.82 Å². The molecule has 6 nitrogen and oxygen atoms in total. The van der Waals surface area contributed by atoms with Gasteiger partial charge in [0.25, 0.3) is 0 Å². The fourth-order valence-corrected chi connectivity index (χ4v) is 3.03. The highest BCUT2D eigenvalue weighted by atomic mass is 16.2. The molecule has 6 heteroatoms. The van der Waals surface area contributed by atoms with Crippen molar-refractivity contribution in [3.05, 3.63) is 12.2 Å². The summed E-state index contributed by atoms with van der Waals surface area (Å²) < 4.78 is 2.02. The highest BCUT2D eigenvalue weighted by Gasteiger charge is 2.31. The number of carbonyl (C=O) groups excluding carboxylic acids is 1. The Morgan fingerprint density at radius 2 is 2.42 bits per heavy atom. The van der Waals surface area contributed by atoms with Gasteiger partial charge >= 0.3 is 0 Å². The van der Waals surface area contributed by atoms with Crippen molar-refractivity contribution in [2.75, 3.05) is 13.1 Å². The highest BCUT2D eigenvalue weighted by molar-refractivity contribution is 5.82. The summed E-state index contributed by atoms with van der Waals surface area (Å²) in [5, 5.41) is 11.3. The van der Waals surface area contributed by atoms with Crippen LogP contribution in [0.4, 0.5) is 0 Å². The summed E-state index contributed by atoms with van der Waals surface area (Å²) in [7, 11) is 0. The second-order valence-electron chi connectivity index (χ2n) is 5.51. The Kier molecular flexibility index (Phi) is 3.50. The van der Waals surface area contributed by atoms with Crippen LogP contribution in [0.3, 0.4) is 0 Å². The van der Waals surface area contributed by atoms with Crippen molar-refractivity contribution in [2.24, 2.45) is 5.92 Å². The Bertz CT molecular complexity index is 458. The molecule has 2 unspecified atom stereocenters. The molecule has 1 N–H and O–H groups in total. The van der Waals surface area contributed by atoms with Gasteiger partial charge in [0.1, 0.15) is 6.33 Å². The van der Waals surface area contributed by atoms with Gasteiger partial charge in [-0.25, -0.2) is 0 Å². The number of nitrogens with one attached hydrogen (secondary N) is 1. The van der Waals surface area contributed by atoms with Gasteiger partial charge in [-0.3, -0.25) is 4.79 Å². The molecule has 0 spiro atoms. The Balaban J connectivity index is 1.65. The van der Waals surface area contributed by atoms with Gasteiger partial charge in [0.2, 0.25) is 5.91 Å². The number of hydrogen-bond acceptors (Lipinski definition) is 4. The van der Waals surface area contributed by atoms with E-state index in [9.17, 15) is 4.79 Å². The first-order valence-corrected chi connectivity index (χ1v) is 7.16. The molecular formula is C13H21N5O. The Morgan fingerprint density at radius 3 is 3.26 bits per heavy atom. The molecule has 2 aliphatic rings. The minimum atomic E-state index is -0.00632. The van der Waals surface area contributed by atoms with Crippen molar-refractivity contribution >= 4 is 5.91 Å². The van der Waals surface area contributed by atoms with E-state index in [2.05, 4.69) is 22.4 Å². The van der Waals surface area contributed by atoms with Crippen LogP contribution in [0.2, 0.25) is 0 Å². The minimum absolute atomic E-state index is 0.00632. The fraction of sp³-hybridized carbons (Fsp3) is 0.769. The Hall–Kier alpha value is -1.43. The summed E-state index contributed by atoms with van der Waals surface area (Å²) in [6.45, 7) is 5.32. The number of hydrogen-bond donors (Lipinski definition) is 1. The fourth-order valence-electron chi connectivity index (χ4n) is 3.03. The maximum absolute atomic E-state index is 12.6. The lowest BCUT2D eigenvalue weighted by Gasteiger charge is -2.34. The van der Waals surface area contributed by atoms with Gasteiger partial charge in [-0.1, -0.05) is 13.3 Å². The quantitative estimate of drug-likeness (QED) is 0.839. The third-order valence-electron chi connectivity index (χ3n) is 4.34. The lowest BCUT2D eigenvalue weighted by molar-refractivity contribution is -0.136. The molecule has 1 amide bonds. The maximum Gasteiger partial charge on any atom is 0.240 e. The molecule has 0 radical (unpaired) electrons. The van der Waals surface area contributed by atoms with Gasteiger partial charge in [-0.2, -0.15) is 0 Å². The van der Waals surface area contributed by atoms with Crippen molar-refractivity contribution in [3.63, 3.8) is 0 Å². The molecule has 1 fully saturated rings. The third-order valence-corrected chi connectivity index (χ3v) is 4.34. The second-order valence-corrected chi connectivity index (χ2v) is 5.51. The number of carbonyl (C=O) groups is 1. The molecule has 104 valence electrons. The number of piperidine rings is 1. The van der Waals surface area contributed by atoms with E-state index in [-0.39, 0.29) is 11.9 Å². The minimum Gasteiger partial charge on any atom is -0.332 e. The highest BCUT2D eigenvalue weighted by Crippen LogP contribution is 2.21. The first-order valence-electron chi connectivity index (χ1n) is 7.16.